The van der Waals surface area contributed by atoms with Crippen LogP contribution in [0, 0.1) is 0 Å². The van der Waals surface area contributed by atoms with Gasteiger partial charge in [0.25, 0.3) is 5.56 Å². The van der Waals surface area contributed by atoms with E-state index in [1.165, 1.54) is 24.3 Å². The lowest BCUT2D eigenvalue weighted by atomic mass is 9.97. The Bertz CT molecular complexity index is 1370. The van der Waals surface area contributed by atoms with Gasteiger partial charge in [-0.2, -0.15) is 13.2 Å². The third-order valence-corrected chi connectivity index (χ3v) is 6.02. The van der Waals surface area contributed by atoms with E-state index < -0.39 is 29.3 Å². The Kier molecular flexibility index (Phi) is 6.40. The zero-order valence-electron chi connectivity index (χ0n) is 18.1. The summed E-state index contributed by atoms with van der Waals surface area (Å²) in [6.07, 6.45) is 1.61. The average Bonchev–Trinajstić information content (AvgIpc) is 2.79. The third kappa shape index (κ3) is 4.79. The Balaban J connectivity index is 1.89. The number of anilines is 1. The SMILES string of the molecule is C[C@@H](Nc1ccc(Cl)cc1C(=O)O)c1cc(C(F)(F)F)cn2c(=O)cc(C3=CCCCC3)nc12. The molecular formula is C24H21ClF3N3O3. The van der Waals surface area contributed by atoms with Crippen LogP contribution in [0.3, 0.4) is 0 Å². The van der Waals surface area contributed by atoms with E-state index in [9.17, 15) is 27.9 Å². The van der Waals surface area contributed by atoms with E-state index in [1.54, 1.807) is 6.92 Å². The lowest BCUT2D eigenvalue weighted by Gasteiger charge is -2.21. The number of rotatable bonds is 5. The molecule has 178 valence electrons. The predicted molar refractivity (Wildman–Crippen MR) is 123 cm³/mol. The van der Waals surface area contributed by atoms with Crippen LogP contribution >= 0.6 is 11.6 Å². The number of hydrogen-bond donors (Lipinski definition) is 2. The fourth-order valence-corrected chi connectivity index (χ4v) is 4.24. The fourth-order valence-electron chi connectivity index (χ4n) is 4.07. The first-order valence-electron chi connectivity index (χ1n) is 10.7. The molecule has 1 atom stereocenters. The molecule has 2 aromatic heterocycles. The third-order valence-electron chi connectivity index (χ3n) is 5.79. The molecule has 2 heterocycles. The molecule has 0 bridgehead atoms. The number of halogens is 4. The van der Waals surface area contributed by atoms with Gasteiger partial charge in [-0.15, -0.1) is 0 Å². The molecule has 6 nitrogen and oxygen atoms in total. The van der Waals surface area contributed by atoms with E-state index in [-0.39, 0.29) is 27.5 Å². The molecule has 34 heavy (non-hydrogen) atoms. The second kappa shape index (κ2) is 9.13. The highest BCUT2D eigenvalue weighted by molar-refractivity contribution is 6.31. The van der Waals surface area contributed by atoms with Gasteiger partial charge in [0.1, 0.15) is 5.65 Å². The first-order valence-corrected chi connectivity index (χ1v) is 11.1. The smallest absolute Gasteiger partial charge is 0.417 e. The Morgan fingerprint density at radius 3 is 2.65 bits per heavy atom. The van der Waals surface area contributed by atoms with E-state index in [0.29, 0.717) is 5.69 Å². The molecule has 1 aliphatic rings. The summed E-state index contributed by atoms with van der Waals surface area (Å²) in [7, 11) is 0. The first-order chi connectivity index (χ1) is 16.0. The number of allylic oxidation sites excluding steroid dienone is 2. The number of carboxylic acids is 1. The second-order valence-electron chi connectivity index (χ2n) is 8.19. The molecule has 0 fully saturated rings. The summed E-state index contributed by atoms with van der Waals surface area (Å²) in [6.45, 7) is 1.58. The molecule has 2 N–H and O–H groups in total. The molecule has 0 radical (unpaired) electrons. The summed E-state index contributed by atoms with van der Waals surface area (Å²) in [6, 6.07) is 5.54. The molecule has 4 rings (SSSR count). The van der Waals surface area contributed by atoms with Crippen molar-refractivity contribution in [3.05, 3.63) is 80.4 Å². The summed E-state index contributed by atoms with van der Waals surface area (Å²) in [5, 5.41) is 12.7. The van der Waals surface area contributed by atoms with Crippen LogP contribution in [-0.4, -0.2) is 20.5 Å². The molecular weight excluding hydrogens is 471 g/mol. The number of fused-ring (bicyclic) bond motifs is 1. The zero-order valence-corrected chi connectivity index (χ0v) is 18.9. The zero-order chi connectivity index (χ0) is 24.6. The number of aromatic carboxylic acids is 1. The summed E-state index contributed by atoms with van der Waals surface area (Å²) < 4.78 is 41.8. The summed E-state index contributed by atoms with van der Waals surface area (Å²) in [5.74, 6) is -1.24. The van der Waals surface area contributed by atoms with Gasteiger partial charge in [0, 0.05) is 28.5 Å². The molecule has 3 aromatic rings. The maximum Gasteiger partial charge on any atom is 0.417 e. The highest BCUT2D eigenvalue weighted by Gasteiger charge is 2.33. The van der Waals surface area contributed by atoms with Gasteiger partial charge in [-0.25, -0.2) is 9.78 Å². The van der Waals surface area contributed by atoms with Gasteiger partial charge in [-0.3, -0.25) is 9.20 Å². The van der Waals surface area contributed by atoms with Crippen LogP contribution in [0.2, 0.25) is 5.02 Å². The topological polar surface area (TPSA) is 83.7 Å². The predicted octanol–water partition coefficient (Wildman–Crippen LogP) is 6.20. The molecule has 10 heteroatoms. The highest BCUT2D eigenvalue weighted by Crippen LogP contribution is 2.34. The van der Waals surface area contributed by atoms with Crippen LogP contribution in [0.5, 0.6) is 0 Å². The van der Waals surface area contributed by atoms with Crippen molar-refractivity contribution < 1.29 is 23.1 Å². The Labute approximate surface area is 197 Å². The number of pyridine rings is 1. The monoisotopic (exact) mass is 491 g/mol. The molecule has 0 saturated carbocycles. The van der Waals surface area contributed by atoms with Crippen molar-refractivity contribution in [2.24, 2.45) is 0 Å². The number of hydrogen-bond acceptors (Lipinski definition) is 4. The Morgan fingerprint density at radius 1 is 1.24 bits per heavy atom. The number of benzene rings is 1. The van der Waals surface area contributed by atoms with E-state index in [1.807, 2.05) is 6.08 Å². The first kappa shape index (κ1) is 23.8. The van der Waals surface area contributed by atoms with Gasteiger partial charge < -0.3 is 10.4 Å². The number of nitrogens with zero attached hydrogens (tertiary/aromatic N) is 2. The molecule has 0 spiro atoms. The van der Waals surface area contributed by atoms with Gasteiger partial charge in [0.05, 0.1) is 22.9 Å². The van der Waals surface area contributed by atoms with E-state index >= 15 is 0 Å². The van der Waals surface area contributed by atoms with Crippen LogP contribution in [0.4, 0.5) is 18.9 Å². The van der Waals surface area contributed by atoms with Gasteiger partial charge >= 0.3 is 12.1 Å². The van der Waals surface area contributed by atoms with Crippen molar-refractivity contribution in [1.29, 1.82) is 0 Å². The average molecular weight is 492 g/mol. The minimum absolute atomic E-state index is 0.0767. The van der Waals surface area contributed by atoms with Crippen molar-refractivity contribution in [3.63, 3.8) is 0 Å². The van der Waals surface area contributed by atoms with Gasteiger partial charge in [0.2, 0.25) is 0 Å². The van der Waals surface area contributed by atoms with Gasteiger partial charge in [-0.1, -0.05) is 17.7 Å². The molecule has 0 unspecified atom stereocenters. The largest absolute Gasteiger partial charge is 0.478 e. The molecule has 0 aliphatic heterocycles. The lowest BCUT2D eigenvalue weighted by molar-refractivity contribution is -0.137. The number of aromatic nitrogens is 2. The quantitative estimate of drug-likeness (QED) is 0.444. The number of carbonyl (C=O) groups is 1. The van der Waals surface area contributed by atoms with Gasteiger partial charge in [-0.05, 0) is 62.4 Å². The van der Waals surface area contributed by atoms with E-state index in [4.69, 9.17) is 11.6 Å². The normalized spacial score (nSPS) is 15.1. The van der Waals surface area contributed by atoms with Crippen LogP contribution in [-0.2, 0) is 6.18 Å². The maximum atomic E-state index is 13.6. The molecule has 1 aromatic carbocycles. The van der Waals surface area contributed by atoms with Crippen molar-refractivity contribution >= 4 is 34.5 Å². The second-order valence-corrected chi connectivity index (χ2v) is 8.63. The summed E-state index contributed by atoms with van der Waals surface area (Å²) in [4.78, 5) is 29.1. The van der Waals surface area contributed by atoms with Crippen LogP contribution in [0.15, 0.2) is 47.4 Å². The standard InChI is InChI=1S/C24H21ClF3N3O3/c1-13(29-19-8-7-16(25)10-18(19)23(33)34)17-9-15(24(26,27)28)12-31-21(32)11-20(30-22(17)31)14-5-3-2-4-6-14/h5,7-13,29H,2-4,6H2,1H3,(H,33,34)/t13-/m1/s1. The number of alkyl halides is 3. The van der Waals surface area contributed by atoms with Crippen molar-refractivity contribution in [2.45, 2.75) is 44.8 Å². The van der Waals surface area contributed by atoms with E-state index in [0.717, 1.165) is 47.9 Å². The molecule has 1 aliphatic carbocycles. The van der Waals surface area contributed by atoms with Crippen LogP contribution in [0.25, 0.3) is 11.2 Å². The maximum absolute atomic E-state index is 13.6. The van der Waals surface area contributed by atoms with E-state index in [2.05, 4.69) is 10.3 Å². The van der Waals surface area contributed by atoms with Gasteiger partial charge in [0.15, 0.2) is 0 Å². The number of nitrogens with one attached hydrogen (secondary N) is 1. The molecule has 0 amide bonds. The van der Waals surface area contributed by atoms with Crippen molar-refractivity contribution in [3.8, 4) is 0 Å². The van der Waals surface area contributed by atoms with Crippen molar-refractivity contribution in [1.82, 2.24) is 9.38 Å². The Hall–Kier alpha value is -3.33. The summed E-state index contributed by atoms with van der Waals surface area (Å²) in [5.41, 5.74) is -0.0687. The van der Waals surface area contributed by atoms with Crippen LogP contribution in [0.1, 0.15) is 65.8 Å². The van der Waals surface area contributed by atoms with Crippen LogP contribution < -0.4 is 10.9 Å². The minimum Gasteiger partial charge on any atom is -0.478 e. The van der Waals surface area contributed by atoms with Crippen molar-refractivity contribution in [2.75, 3.05) is 5.32 Å². The Morgan fingerprint density at radius 2 is 2.00 bits per heavy atom. The highest BCUT2D eigenvalue weighted by atomic mass is 35.5. The number of carboxylic acid groups (broad SMARTS) is 1. The molecule has 0 saturated heterocycles. The lowest BCUT2D eigenvalue weighted by Crippen LogP contribution is -2.22. The fraction of sp³-hybridized carbons (Fsp3) is 0.292. The minimum atomic E-state index is -4.70. The summed E-state index contributed by atoms with van der Waals surface area (Å²) >= 11 is 5.90.